The minimum atomic E-state index is -1.48. The van der Waals surface area contributed by atoms with Crippen molar-refractivity contribution in [2.75, 3.05) is 13.1 Å². The van der Waals surface area contributed by atoms with Gasteiger partial charge in [-0.15, -0.1) is 0 Å². The number of aliphatic carboxylic acids is 1. The number of nitrogens with one attached hydrogen (secondary N) is 3. The van der Waals surface area contributed by atoms with Gasteiger partial charge in [0.05, 0.1) is 12.0 Å². The number of aromatic amines is 1. The second-order valence-corrected chi connectivity index (χ2v) is 4.36. The standard InChI is InChI=1S/C10H17N5O4/c1-10(19,4-8(16)17)5-12-9(18)11-3-2-7-13-6-14-15-7/h6,19H,2-5H2,1H3,(H,16,17)(H2,11,12,18)(H,13,14,15). The lowest BCUT2D eigenvalue weighted by molar-refractivity contribution is -0.141. The van der Waals surface area contributed by atoms with Gasteiger partial charge in [0.2, 0.25) is 0 Å². The second kappa shape index (κ2) is 6.69. The number of aromatic nitrogens is 3. The molecule has 9 nitrogen and oxygen atoms in total. The van der Waals surface area contributed by atoms with Crippen molar-refractivity contribution < 1.29 is 19.8 Å². The Hall–Kier alpha value is -2.16. The smallest absolute Gasteiger partial charge is 0.314 e. The number of rotatable bonds is 7. The SMILES string of the molecule is CC(O)(CNC(=O)NCCc1ncn[nH]1)CC(=O)O. The van der Waals surface area contributed by atoms with Gasteiger partial charge in [0.15, 0.2) is 0 Å². The Labute approximate surface area is 109 Å². The Morgan fingerprint density at radius 1 is 1.47 bits per heavy atom. The van der Waals surface area contributed by atoms with E-state index in [4.69, 9.17) is 5.11 Å². The summed E-state index contributed by atoms with van der Waals surface area (Å²) in [6.07, 6.45) is 1.43. The molecule has 1 atom stereocenters. The third-order valence-corrected chi connectivity index (χ3v) is 2.27. The summed E-state index contributed by atoms with van der Waals surface area (Å²) in [5.74, 6) is -0.476. The molecular formula is C10H17N5O4. The van der Waals surface area contributed by atoms with E-state index >= 15 is 0 Å². The largest absolute Gasteiger partial charge is 0.481 e. The lowest BCUT2D eigenvalue weighted by atomic mass is 10.0. The molecule has 2 amide bonds. The van der Waals surface area contributed by atoms with Crippen LogP contribution in [0.1, 0.15) is 19.2 Å². The average Bonchev–Trinajstić information content (AvgIpc) is 2.78. The van der Waals surface area contributed by atoms with E-state index in [2.05, 4.69) is 25.8 Å². The van der Waals surface area contributed by atoms with Crippen LogP contribution in [0.3, 0.4) is 0 Å². The summed E-state index contributed by atoms with van der Waals surface area (Å²) in [5.41, 5.74) is -1.48. The normalized spacial score (nSPS) is 13.6. The van der Waals surface area contributed by atoms with Gasteiger partial charge in [-0.3, -0.25) is 9.89 Å². The molecule has 5 N–H and O–H groups in total. The third kappa shape index (κ3) is 6.36. The van der Waals surface area contributed by atoms with Gasteiger partial charge in [-0.2, -0.15) is 5.10 Å². The van der Waals surface area contributed by atoms with Crippen LogP contribution in [0, 0.1) is 0 Å². The summed E-state index contributed by atoms with van der Waals surface area (Å²) in [6, 6.07) is -0.481. The molecule has 0 radical (unpaired) electrons. The van der Waals surface area contributed by atoms with Gasteiger partial charge in [-0.25, -0.2) is 9.78 Å². The number of carboxylic acids is 1. The molecule has 106 valence electrons. The number of hydrogen-bond donors (Lipinski definition) is 5. The highest BCUT2D eigenvalue weighted by atomic mass is 16.4. The van der Waals surface area contributed by atoms with Crippen molar-refractivity contribution >= 4 is 12.0 Å². The van der Waals surface area contributed by atoms with Gasteiger partial charge in [-0.1, -0.05) is 0 Å². The van der Waals surface area contributed by atoms with E-state index < -0.39 is 24.0 Å². The fraction of sp³-hybridized carbons (Fsp3) is 0.600. The van der Waals surface area contributed by atoms with Crippen molar-refractivity contribution in [2.24, 2.45) is 0 Å². The molecule has 0 aromatic carbocycles. The third-order valence-electron chi connectivity index (χ3n) is 2.27. The number of amides is 2. The lowest BCUT2D eigenvalue weighted by Crippen LogP contribution is -2.46. The molecule has 1 aromatic heterocycles. The van der Waals surface area contributed by atoms with E-state index in [1.165, 1.54) is 13.3 Å². The summed E-state index contributed by atoms with van der Waals surface area (Å²) >= 11 is 0. The van der Waals surface area contributed by atoms with E-state index in [1.54, 1.807) is 0 Å². The summed E-state index contributed by atoms with van der Waals surface area (Å²) in [4.78, 5) is 25.7. The van der Waals surface area contributed by atoms with Crippen LogP contribution >= 0.6 is 0 Å². The van der Waals surface area contributed by atoms with Gasteiger partial charge in [0.25, 0.3) is 0 Å². The number of carboxylic acid groups (broad SMARTS) is 1. The van der Waals surface area contributed by atoms with Gasteiger partial charge in [0, 0.05) is 19.5 Å². The van der Waals surface area contributed by atoms with Crippen LogP contribution in [0.2, 0.25) is 0 Å². The van der Waals surface area contributed by atoms with Crippen LogP contribution in [0.4, 0.5) is 4.79 Å². The second-order valence-electron chi connectivity index (χ2n) is 4.36. The number of hydrogen-bond acceptors (Lipinski definition) is 5. The van der Waals surface area contributed by atoms with E-state index in [0.717, 1.165) is 0 Å². The molecule has 19 heavy (non-hydrogen) atoms. The van der Waals surface area contributed by atoms with E-state index in [1.807, 2.05) is 0 Å². The predicted octanol–water partition coefficient (Wildman–Crippen LogP) is -1.13. The highest BCUT2D eigenvalue weighted by molar-refractivity contribution is 5.74. The first-order valence-corrected chi connectivity index (χ1v) is 5.69. The monoisotopic (exact) mass is 271 g/mol. The van der Waals surface area contributed by atoms with E-state index in [0.29, 0.717) is 18.8 Å². The fourth-order valence-corrected chi connectivity index (χ4v) is 1.37. The average molecular weight is 271 g/mol. The molecular weight excluding hydrogens is 254 g/mol. The molecule has 0 saturated heterocycles. The maximum Gasteiger partial charge on any atom is 0.314 e. The van der Waals surface area contributed by atoms with Crippen molar-refractivity contribution in [3.05, 3.63) is 12.2 Å². The Morgan fingerprint density at radius 3 is 2.79 bits per heavy atom. The molecule has 1 heterocycles. The Morgan fingerprint density at radius 2 is 2.21 bits per heavy atom. The van der Waals surface area contributed by atoms with Gasteiger partial charge < -0.3 is 20.8 Å². The molecule has 1 unspecified atom stereocenters. The molecule has 0 bridgehead atoms. The van der Waals surface area contributed by atoms with Crippen molar-refractivity contribution in [1.29, 1.82) is 0 Å². The number of urea groups is 1. The predicted molar refractivity (Wildman–Crippen MR) is 64.4 cm³/mol. The van der Waals surface area contributed by atoms with Crippen molar-refractivity contribution in [3.8, 4) is 0 Å². The number of carbonyl (C=O) groups excluding carboxylic acids is 1. The van der Waals surface area contributed by atoms with E-state index in [-0.39, 0.29) is 6.54 Å². The van der Waals surface area contributed by atoms with Crippen LogP contribution in [-0.2, 0) is 11.2 Å². The zero-order chi connectivity index (χ0) is 14.3. The Balaban J connectivity index is 2.18. The zero-order valence-corrected chi connectivity index (χ0v) is 10.5. The fourth-order valence-electron chi connectivity index (χ4n) is 1.37. The molecule has 0 aliphatic heterocycles. The summed E-state index contributed by atoms with van der Waals surface area (Å²) in [5, 5.41) is 29.5. The maximum absolute atomic E-state index is 11.4. The Bertz CT molecular complexity index is 418. The van der Waals surface area contributed by atoms with Gasteiger partial charge in [0.1, 0.15) is 12.2 Å². The first kappa shape index (κ1) is 14.9. The minimum Gasteiger partial charge on any atom is -0.481 e. The van der Waals surface area contributed by atoms with Crippen LogP contribution < -0.4 is 10.6 Å². The zero-order valence-electron chi connectivity index (χ0n) is 10.5. The maximum atomic E-state index is 11.4. The molecule has 0 saturated carbocycles. The number of aliphatic hydroxyl groups is 1. The molecule has 9 heteroatoms. The summed E-state index contributed by atoms with van der Waals surface area (Å²) in [7, 11) is 0. The minimum absolute atomic E-state index is 0.145. The number of nitrogens with zero attached hydrogens (tertiary/aromatic N) is 2. The molecule has 1 aromatic rings. The summed E-state index contributed by atoms with van der Waals surface area (Å²) < 4.78 is 0. The highest BCUT2D eigenvalue weighted by Crippen LogP contribution is 2.06. The van der Waals surface area contributed by atoms with Crippen molar-refractivity contribution in [2.45, 2.75) is 25.4 Å². The van der Waals surface area contributed by atoms with Crippen LogP contribution in [0.25, 0.3) is 0 Å². The molecule has 0 aliphatic carbocycles. The quantitative estimate of drug-likeness (QED) is 0.425. The van der Waals surface area contributed by atoms with E-state index in [9.17, 15) is 14.7 Å². The van der Waals surface area contributed by atoms with Gasteiger partial charge in [-0.05, 0) is 6.92 Å². The van der Waals surface area contributed by atoms with Crippen molar-refractivity contribution in [1.82, 2.24) is 25.8 Å². The van der Waals surface area contributed by atoms with Gasteiger partial charge >= 0.3 is 12.0 Å². The van der Waals surface area contributed by atoms with Crippen LogP contribution in [0.15, 0.2) is 6.33 Å². The lowest BCUT2D eigenvalue weighted by Gasteiger charge is -2.21. The molecule has 0 spiro atoms. The number of carbonyl (C=O) groups is 2. The summed E-state index contributed by atoms with van der Waals surface area (Å²) in [6.45, 7) is 1.55. The van der Waals surface area contributed by atoms with Crippen LogP contribution in [0.5, 0.6) is 0 Å². The number of H-pyrrole nitrogens is 1. The molecule has 0 fully saturated rings. The molecule has 0 aliphatic rings. The Kier molecular flexibility index (Phi) is 5.24. The first-order valence-electron chi connectivity index (χ1n) is 5.69. The molecule has 1 rings (SSSR count). The topological polar surface area (TPSA) is 140 Å². The first-order chi connectivity index (χ1) is 8.89. The highest BCUT2D eigenvalue weighted by Gasteiger charge is 2.24. The van der Waals surface area contributed by atoms with Crippen LogP contribution in [-0.4, -0.2) is 56.1 Å². The van der Waals surface area contributed by atoms with Crippen molar-refractivity contribution in [3.63, 3.8) is 0 Å².